The van der Waals surface area contributed by atoms with Crippen LogP contribution >= 0.6 is 0 Å². The van der Waals surface area contributed by atoms with Crippen molar-refractivity contribution in [3.63, 3.8) is 0 Å². The molecule has 3 rings (SSSR count). The number of carbonyl (C=O) groups excluding carboxylic acids is 1. The lowest BCUT2D eigenvalue weighted by Crippen LogP contribution is -2.37. The van der Waals surface area contributed by atoms with Crippen LogP contribution in [0.25, 0.3) is 0 Å². The first-order chi connectivity index (χ1) is 13.9. The maximum atomic E-state index is 12.4. The van der Waals surface area contributed by atoms with Gasteiger partial charge in [0.2, 0.25) is 15.9 Å². The van der Waals surface area contributed by atoms with Crippen LogP contribution in [0, 0.1) is 0 Å². The summed E-state index contributed by atoms with van der Waals surface area (Å²) in [6.45, 7) is 5.00. The molecule has 7 nitrogen and oxygen atoms in total. The van der Waals surface area contributed by atoms with E-state index in [1.807, 2.05) is 43.3 Å². The molecule has 0 fully saturated rings. The van der Waals surface area contributed by atoms with Crippen LogP contribution in [0.5, 0.6) is 5.75 Å². The van der Waals surface area contributed by atoms with E-state index in [1.165, 1.54) is 4.31 Å². The van der Waals surface area contributed by atoms with Gasteiger partial charge in [-0.1, -0.05) is 24.3 Å². The molecule has 0 spiro atoms. The smallest absolute Gasteiger partial charge is 0.243 e. The molecule has 1 amide bonds. The number of nitrogens with one attached hydrogen (secondary N) is 2. The summed E-state index contributed by atoms with van der Waals surface area (Å²) in [6.07, 6.45) is 0.618. The minimum atomic E-state index is -3.21. The average Bonchev–Trinajstić information content (AvgIpc) is 2.73. The van der Waals surface area contributed by atoms with Crippen LogP contribution in [-0.4, -0.2) is 44.1 Å². The summed E-state index contributed by atoms with van der Waals surface area (Å²) < 4.78 is 31.4. The van der Waals surface area contributed by atoms with Crippen LogP contribution in [-0.2, 0) is 27.8 Å². The van der Waals surface area contributed by atoms with E-state index in [2.05, 4.69) is 10.6 Å². The summed E-state index contributed by atoms with van der Waals surface area (Å²) in [4.78, 5) is 12.4. The summed E-state index contributed by atoms with van der Waals surface area (Å²) in [6, 6.07) is 13.1. The number of fused-ring (bicyclic) bond motifs is 1. The third-order valence-corrected chi connectivity index (χ3v) is 6.72. The zero-order chi connectivity index (χ0) is 20.9. The van der Waals surface area contributed by atoms with Gasteiger partial charge in [-0.15, -0.1) is 0 Å². The summed E-state index contributed by atoms with van der Waals surface area (Å²) >= 11 is 0. The van der Waals surface area contributed by atoms with Crippen LogP contribution in [0.2, 0.25) is 0 Å². The topological polar surface area (TPSA) is 87.7 Å². The quantitative estimate of drug-likeness (QED) is 0.690. The van der Waals surface area contributed by atoms with Gasteiger partial charge in [-0.25, -0.2) is 8.42 Å². The number of amides is 1. The Morgan fingerprint density at radius 3 is 2.62 bits per heavy atom. The highest BCUT2D eigenvalue weighted by molar-refractivity contribution is 7.89. The van der Waals surface area contributed by atoms with E-state index in [-0.39, 0.29) is 18.2 Å². The second kappa shape index (κ2) is 9.28. The Morgan fingerprint density at radius 1 is 1.10 bits per heavy atom. The molecule has 1 heterocycles. The Kier molecular flexibility index (Phi) is 6.76. The lowest BCUT2D eigenvalue weighted by atomic mass is 9.99. The van der Waals surface area contributed by atoms with Gasteiger partial charge in [0.25, 0.3) is 0 Å². The highest BCUT2D eigenvalue weighted by atomic mass is 32.2. The largest absolute Gasteiger partial charge is 0.492 e. The van der Waals surface area contributed by atoms with Crippen molar-refractivity contribution in [2.24, 2.45) is 0 Å². The lowest BCUT2D eigenvalue weighted by molar-refractivity contribution is -0.114. The molecule has 0 aromatic heterocycles. The molecule has 8 heteroatoms. The molecule has 0 saturated heterocycles. The zero-order valence-electron chi connectivity index (χ0n) is 16.8. The van der Waals surface area contributed by atoms with Gasteiger partial charge in [-0.2, -0.15) is 4.31 Å². The van der Waals surface area contributed by atoms with E-state index in [1.54, 1.807) is 13.0 Å². The van der Waals surface area contributed by atoms with Crippen molar-refractivity contribution in [1.29, 1.82) is 0 Å². The van der Waals surface area contributed by atoms with E-state index in [0.717, 1.165) is 16.8 Å². The second-order valence-corrected chi connectivity index (χ2v) is 9.02. The van der Waals surface area contributed by atoms with Crippen molar-refractivity contribution in [1.82, 2.24) is 4.31 Å². The number of rotatable bonds is 8. The summed E-state index contributed by atoms with van der Waals surface area (Å²) in [7, 11) is -3.21. The van der Waals surface area contributed by atoms with E-state index in [4.69, 9.17) is 4.74 Å². The Bertz CT molecular complexity index is 976. The minimum absolute atomic E-state index is 0.101. The van der Waals surface area contributed by atoms with Gasteiger partial charge in [0.15, 0.2) is 0 Å². The van der Waals surface area contributed by atoms with Gasteiger partial charge in [0.1, 0.15) is 5.75 Å². The molecular formula is C21H27N3O4S. The van der Waals surface area contributed by atoms with Crippen molar-refractivity contribution in [2.45, 2.75) is 26.8 Å². The first kappa shape index (κ1) is 21.1. The molecule has 0 bridgehead atoms. The number of anilines is 2. The molecule has 0 saturated carbocycles. The van der Waals surface area contributed by atoms with E-state index >= 15 is 0 Å². The third kappa shape index (κ3) is 5.07. The summed E-state index contributed by atoms with van der Waals surface area (Å²) in [5, 5.41) is 6.06. The standard InChI is InChI=1S/C21H27N3O4S/c1-3-28-20-11-6-5-9-19(20)23-21(25)14-22-18-10-7-8-16-15-24(13-12-17(16)18)29(26,27)4-2/h5-11,22H,3-4,12-15H2,1-2H3,(H,23,25). The molecule has 29 heavy (non-hydrogen) atoms. The van der Waals surface area contributed by atoms with Crippen LogP contribution in [0.3, 0.4) is 0 Å². The van der Waals surface area contributed by atoms with Crippen LogP contribution < -0.4 is 15.4 Å². The number of sulfonamides is 1. The van der Waals surface area contributed by atoms with Gasteiger partial charge in [0.05, 0.1) is 24.6 Å². The van der Waals surface area contributed by atoms with Gasteiger partial charge in [-0.05, 0) is 49.6 Å². The first-order valence-corrected chi connectivity index (χ1v) is 11.4. The molecule has 2 aromatic carbocycles. The molecule has 0 radical (unpaired) electrons. The van der Waals surface area contributed by atoms with Crippen molar-refractivity contribution < 1.29 is 17.9 Å². The summed E-state index contributed by atoms with van der Waals surface area (Å²) in [5.41, 5.74) is 3.54. The van der Waals surface area contributed by atoms with E-state index in [9.17, 15) is 13.2 Å². The predicted octanol–water partition coefficient (Wildman–Crippen LogP) is 2.84. The fourth-order valence-electron chi connectivity index (χ4n) is 3.39. The van der Waals surface area contributed by atoms with Crippen molar-refractivity contribution in [2.75, 3.05) is 36.1 Å². The van der Waals surface area contributed by atoms with Gasteiger partial charge in [0, 0.05) is 18.8 Å². The minimum Gasteiger partial charge on any atom is -0.492 e. The number of hydrogen-bond donors (Lipinski definition) is 2. The highest BCUT2D eigenvalue weighted by Gasteiger charge is 2.26. The van der Waals surface area contributed by atoms with Crippen molar-refractivity contribution >= 4 is 27.3 Å². The van der Waals surface area contributed by atoms with Gasteiger partial charge < -0.3 is 15.4 Å². The maximum Gasteiger partial charge on any atom is 0.243 e. The number of nitrogens with zero attached hydrogens (tertiary/aromatic N) is 1. The Morgan fingerprint density at radius 2 is 1.86 bits per heavy atom. The van der Waals surface area contributed by atoms with E-state index < -0.39 is 10.0 Å². The zero-order valence-corrected chi connectivity index (χ0v) is 17.6. The van der Waals surface area contributed by atoms with E-state index in [0.29, 0.717) is 37.6 Å². The highest BCUT2D eigenvalue weighted by Crippen LogP contribution is 2.28. The normalized spacial score (nSPS) is 14.1. The molecule has 1 aliphatic heterocycles. The molecule has 2 aromatic rings. The fraction of sp³-hybridized carbons (Fsp3) is 0.381. The summed E-state index contributed by atoms with van der Waals surface area (Å²) in [5.74, 6) is 0.558. The molecule has 1 aliphatic rings. The van der Waals surface area contributed by atoms with Gasteiger partial charge >= 0.3 is 0 Å². The Balaban J connectivity index is 1.65. The van der Waals surface area contributed by atoms with Crippen LogP contribution in [0.4, 0.5) is 11.4 Å². The molecule has 0 unspecified atom stereocenters. The molecule has 2 N–H and O–H groups in total. The van der Waals surface area contributed by atoms with Crippen LogP contribution in [0.15, 0.2) is 42.5 Å². The second-order valence-electron chi connectivity index (χ2n) is 6.76. The average molecular weight is 418 g/mol. The monoisotopic (exact) mass is 417 g/mol. The maximum absolute atomic E-state index is 12.4. The molecular weight excluding hydrogens is 390 g/mol. The molecule has 156 valence electrons. The van der Waals surface area contributed by atoms with Gasteiger partial charge in [-0.3, -0.25) is 4.79 Å². The lowest BCUT2D eigenvalue weighted by Gasteiger charge is -2.29. The predicted molar refractivity (Wildman–Crippen MR) is 115 cm³/mol. The number of para-hydroxylation sites is 2. The first-order valence-electron chi connectivity index (χ1n) is 9.78. The third-order valence-electron chi connectivity index (χ3n) is 4.89. The van der Waals surface area contributed by atoms with Crippen molar-refractivity contribution in [3.8, 4) is 5.75 Å². The number of benzene rings is 2. The number of carbonyl (C=O) groups is 1. The Hall–Kier alpha value is -2.58. The number of hydrogen-bond acceptors (Lipinski definition) is 5. The molecule has 0 atom stereocenters. The van der Waals surface area contributed by atoms with Crippen LogP contribution in [0.1, 0.15) is 25.0 Å². The fourth-order valence-corrected chi connectivity index (χ4v) is 4.46. The molecule has 0 aliphatic carbocycles. The Labute approximate surface area is 172 Å². The SMILES string of the molecule is CCOc1ccccc1NC(=O)CNc1cccc2c1CCN(S(=O)(=O)CC)C2. The van der Waals surface area contributed by atoms with Crippen molar-refractivity contribution in [3.05, 3.63) is 53.6 Å². The number of ether oxygens (including phenoxy) is 1.